The summed E-state index contributed by atoms with van der Waals surface area (Å²) in [7, 11) is 0. The summed E-state index contributed by atoms with van der Waals surface area (Å²) in [6.07, 6.45) is 5.19. The minimum absolute atomic E-state index is 0.107. The lowest BCUT2D eigenvalue weighted by Gasteiger charge is -2.16. The first-order valence-electron chi connectivity index (χ1n) is 13.8. The fourth-order valence-electron chi connectivity index (χ4n) is 4.91. The van der Waals surface area contributed by atoms with Crippen LogP contribution in [0.4, 0.5) is 25.0 Å². The standard InChI is InChI=1S/C30H30ClF2N5O5/c1-16-12-20(32)25(21(33)13-16)29(40)36-22-7-3-2-4-8-24(39)35-23-14-17(34-30(41)43-15-18-6-5-11-42-18)9-10-19(23)26-27(31)38-28(22)37-26/h2-3,9-10,12-14,18,22H,4-8,11,15H2,1H3,(H,34,41)(H,35,39)(H,36,40)(H,37,38). The minimum atomic E-state index is -0.980. The number of halogens is 3. The summed E-state index contributed by atoms with van der Waals surface area (Å²) >= 11 is 6.55. The molecule has 2 unspecified atom stereocenters. The number of nitrogens with one attached hydrogen (secondary N) is 4. The monoisotopic (exact) mass is 613 g/mol. The Kier molecular flexibility index (Phi) is 9.37. The highest BCUT2D eigenvalue weighted by Gasteiger charge is 2.26. The van der Waals surface area contributed by atoms with Gasteiger partial charge in [0.05, 0.1) is 17.8 Å². The van der Waals surface area contributed by atoms with Crippen LogP contribution in [-0.2, 0) is 14.3 Å². The van der Waals surface area contributed by atoms with Crippen LogP contribution >= 0.6 is 11.6 Å². The van der Waals surface area contributed by atoms with E-state index in [4.69, 9.17) is 21.1 Å². The Morgan fingerprint density at radius 3 is 2.72 bits per heavy atom. The molecule has 1 fully saturated rings. The van der Waals surface area contributed by atoms with Gasteiger partial charge in [0, 0.05) is 24.3 Å². The number of H-pyrrole nitrogens is 1. The van der Waals surface area contributed by atoms with Crippen LogP contribution in [0.15, 0.2) is 42.5 Å². The molecule has 2 bridgehead atoms. The lowest BCUT2D eigenvalue weighted by atomic mass is 10.1. The Bertz CT molecular complexity index is 1550. The van der Waals surface area contributed by atoms with Gasteiger partial charge in [-0.05, 0) is 68.5 Å². The van der Waals surface area contributed by atoms with Gasteiger partial charge in [-0.1, -0.05) is 23.8 Å². The molecular weight excluding hydrogens is 584 g/mol. The number of benzene rings is 2. The van der Waals surface area contributed by atoms with Crippen molar-refractivity contribution in [1.29, 1.82) is 0 Å². The number of aromatic nitrogens is 2. The molecule has 2 atom stereocenters. The summed E-state index contributed by atoms with van der Waals surface area (Å²) in [6, 6.07) is 6.12. The number of ether oxygens (including phenoxy) is 2. The van der Waals surface area contributed by atoms with Gasteiger partial charge in [0.25, 0.3) is 5.91 Å². The molecular formula is C30H30ClF2N5O5. The summed E-state index contributed by atoms with van der Waals surface area (Å²) in [5.74, 6) is -2.96. The van der Waals surface area contributed by atoms with E-state index in [1.165, 1.54) is 6.92 Å². The van der Waals surface area contributed by atoms with Crippen molar-refractivity contribution in [1.82, 2.24) is 15.3 Å². The number of aromatic amines is 1. The molecule has 10 nitrogen and oxygen atoms in total. The minimum Gasteiger partial charge on any atom is -0.447 e. The highest BCUT2D eigenvalue weighted by molar-refractivity contribution is 6.32. The number of fused-ring (bicyclic) bond motifs is 4. The zero-order chi connectivity index (χ0) is 30.5. The largest absolute Gasteiger partial charge is 0.447 e. The van der Waals surface area contributed by atoms with Crippen LogP contribution < -0.4 is 16.0 Å². The van der Waals surface area contributed by atoms with Crippen molar-refractivity contribution >= 4 is 40.9 Å². The molecule has 2 aliphatic rings. The number of carbonyl (C=O) groups is 3. The van der Waals surface area contributed by atoms with E-state index in [1.807, 2.05) is 0 Å². The van der Waals surface area contributed by atoms with Gasteiger partial charge in [0.1, 0.15) is 40.5 Å². The number of allylic oxidation sites excluding steroid dienone is 1. The Morgan fingerprint density at radius 1 is 1.19 bits per heavy atom. The zero-order valence-electron chi connectivity index (χ0n) is 23.3. The van der Waals surface area contributed by atoms with Crippen molar-refractivity contribution < 1.29 is 32.6 Å². The first-order valence-corrected chi connectivity index (χ1v) is 14.2. The van der Waals surface area contributed by atoms with E-state index < -0.39 is 35.2 Å². The molecule has 1 saturated heterocycles. The van der Waals surface area contributed by atoms with E-state index in [0.717, 1.165) is 25.0 Å². The normalized spacial score (nSPS) is 18.5. The molecule has 0 radical (unpaired) electrons. The third-order valence-electron chi connectivity index (χ3n) is 7.02. The van der Waals surface area contributed by atoms with Crippen molar-refractivity contribution in [3.63, 3.8) is 0 Å². The number of rotatable bonds is 5. The van der Waals surface area contributed by atoms with Gasteiger partial charge in [-0.15, -0.1) is 0 Å². The molecule has 1 aromatic heterocycles. The number of hydrogen-bond acceptors (Lipinski definition) is 6. The van der Waals surface area contributed by atoms with E-state index in [2.05, 4.69) is 25.9 Å². The number of amides is 3. The van der Waals surface area contributed by atoms with Gasteiger partial charge in [0.15, 0.2) is 0 Å². The Labute approximate surface area is 251 Å². The van der Waals surface area contributed by atoms with Gasteiger partial charge in [-0.3, -0.25) is 14.9 Å². The summed E-state index contributed by atoms with van der Waals surface area (Å²) in [5.41, 5.74) is 1.02. The lowest BCUT2D eigenvalue weighted by molar-refractivity contribution is -0.116. The quantitative estimate of drug-likeness (QED) is 0.253. The second-order valence-electron chi connectivity index (χ2n) is 10.3. The first-order chi connectivity index (χ1) is 20.7. The van der Waals surface area contributed by atoms with E-state index in [1.54, 1.807) is 30.4 Å². The highest BCUT2D eigenvalue weighted by Crippen LogP contribution is 2.36. The molecule has 13 heteroatoms. The molecule has 3 aromatic rings. The summed E-state index contributed by atoms with van der Waals surface area (Å²) in [6.45, 7) is 2.30. The van der Waals surface area contributed by atoms with Crippen molar-refractivity contribution in [3.05, 3.63) is 76.2 Å². The van der Waals surface area contributed by atoms with Crippen LogP contribution in [0.1, 0.15) is 59.9 Å². The smallest absolute Gasteiger partial charge is 0.411 e. The Morgan fingerprint density at radius 2 is 1.98 bits per heavy atom. The van der Waals surface area contributed by atoms with Crippen molar-refractivity contribution in [3.8, 4) is 11.3 Å². The summed E-state index contributed by atoms with van der Waals surface area (Å²) in [5, 5.41) is 8.25. The number of hydrogen-bond donors (Lipinski definition) is 4. The van der Waals surface area contributed by atoms with Crippen molar-refractivity contribution in [2.45, 2.75) is 51.2 Å². The maximum absolute atomic E-state index is 14.5. The fraction of sp³-hybridized carbons (Fsp3) is 0.333. The van der Waals surface area contributed by atoms with E-state index in [9.17, 15) is 23.2 Å². The third-order valence-corrected chi connectivity index (χ3v) is 7.30. The van der Waals surface area contributed by atoms with Crippen molar-refractivity contribution in [2.75, 3.05) is 23.8 Å². The summed E-state index contributed by atoms with van der Waals surface area (Å²) in [4.78, 5) is 45.7. The molecule has 43 heavy (non-hydrogen) atoms. The van der Waals surface area contributed by atoms with Gasteiger partial charge >= 0.3 is 6.09 Å². The molecule has 5 rings (SSSR count). The number of carbonyl (C=O) groups excluding carboxylic acids is 3. The maximum atomic E-state index is 14.5. The van der Waals surface area contributed by atoms with Crippen LogP contribution in [0, 0.1) is 18.6 Å². The van der Waals surface area contributed by atoms with Gasteiger partial charge in [-0.25, -0.2) is 18.6 Å². The maximum Gasteiger partial charge on any atom is 0.411 e. The van der Waals surface area contributed by atoms with Crippen LogP contribution in [0.25, 0.3) is 11.3 Å². The van der Waals surface area contributed by atoms with E-state index in [-0.39, 0.29) is 48.1 Å². The van der Waals surface area contributed by atoms with Gasteiger partial charge in [0.2, 0.25) is 5.91 Å². The predicted molar refractivity (Wildman–Crippen MR) is 156 cm³/mol. The molecule has 2 aliphatic heterocycles. The predicted octanol–water partition coefficient (Wildman–Crippen LogP) is 6.19. The SMILES string of the molecule is Cc1cc(F)c(C(=O)NC2CC=CCCC(=O)Nc3cc(NC(=O)OCC4CCCO4)ccc3-c3nc2[nH]c3Cl)c(F)c1. The van der Waals surface area contributed by atoms with Crippen LogP contribution in [-0.4, -0.2) is 47.2 Å². The average Bonchev–Trinajstić information content (AvgIpc) is 3.60. The van der Waals surface area contributed by atoms with E-state index in [0.29, 0.717) is 35.5 Å². The molecule has 0 spiro atoms. The highest BCUT2D eigenvalue weighted by atomic mass is 35.5. The average molecular weight is 614 g/mol. The third kappa shape index (κ3) is 7.38. The molecule has 4 N–H and O–H groups in total. The zero-order valence-corrected chi connectivity index (χ0v) is 24.0. The number of aryl methyl sites for hydroxylation is 1. The molecule has 226 valence electrons. The second-order valence-corrected chi connectivity index (χ2v) is 10.7. The molecule has 3 amide bonds. The Balaban J connectivity index is 1.42. The van der Waals surface area contributed by atoms with Crippen LogP contribution in [0.2, 0.25) is 5.15 Å². The molecule has 0 aliphatic carbocycles. The topological polar surface area (TPSA) is 134 Å². The van der Waals surface area contributed by atoms with Crippen molar-refractivity contribution in [2.24, 2.45) is 0 Å². The fourth-order valence-corrected chi connectivity index (χ4v) is 5.15. The second kappa shape index (κ2) is 13.3. The summed E-state index contributed by atoms with van der Waals surface area (Å²) < 4.78 is 39.8. The van der Waals surface area contributed by atoms with Crippen LogP contribution in [0.3, 0.4) is 0 Å². The molecule has 3 heterocycles. The van der Waals surface area contributed by atoms with Crippen LogP contribution in [0.5, 0.6) is 0 Å². The lowest BCUT2D eigenvalue weighted by Crippen LogP contribution is -2.30. The van der Waals surface area contributed by atoms with Gasteiger partial charge in [-0.2, -0.15) is 0 Å². The first kappa shape index (κ1) is 30.2. The number of imidazole rings is 1. The number of anilines is 2. The Hall–Kier alpha value is -4.29. The van der Waals surface area contributed by atoms with E-state index >= 15 is 0 Å². The van der Waals surface area contributed by atoms with Gasteiger partial charge < -0.3 is 25.1 Å². The number of nitrogens with zero attached hydrogens (tertiary/aromatic N) is 1. The molecule has 0 saturated carbocycles. The molecule has 2 aromatic carbocycles.